The lowest BCUT2D eigenvalue weighted by molar-refractivity contribution is 0.182. The molecule has 4 heteroatoms. The molecule has 0 spiro atoms. The molecule has 2 aromatic rings. The number of hydrogen-bond donors (Lipinski definition) is 1. The van der Waals surface area contributed by atoms with Gasteiger partial charge in [0.15, 0.2) is 0 Å². The molecule has 1 atom stereocenters. The van der Waals surface area contributed by atoms with Crippen molar-refractivity contribution in [2.24, 2.45) is 0 Å². The summed E-state index contributed by atoms with van der Waals surface area (Å²) in [6.07, 6.45) is -0.0417. The second-order valence-electron chi connectivity index (χ2n) is 3.95. The van der Waals surface area contributed by atoms with Crippen LogP contribution in [0.1, 0.15) is 22.1 Å². The van der Waals surface area contributed by atoms with E-state index in [0.717, 1.165) is 16.0 Å². The number of hydrogen-bond acceptors (Lipinski definition) is 2. The van der Waals surface area contributed by atoms with Gasteiger partial charge in [-0.05, 0) is 35.6 Å². The highest BCUT2D eigenvalue weighted by Gasteiger charge is 2.15. The highest BCUT2D eigenvalue weighted by Crippen LogP contribution is 2.34. The Hall–Kier alpha value is -0.540. The van der Waals surface area contributed by atoms with Gasteiger partial charge in [0, 0.05) is 11.4 Å². The van der Waals surface area contributed by atoms with Crippen LogP contribution in [0.4, 0.5) is 0 Å². The monoisotopic (exact) mass is 286 g/mol. The van der Waals surface area contributed by atoms with Gasteiger partial charge in [0.25, 0.3) is 0 Å². The van der Waals surface area contributed by atoms with Gasteiger partial charge in [-0.1, -0.05) is 35.3 Å². The SMILES string of the molecule is Cc1csc(C(O)Cc2cccc(Cl)c2)c1Cl. The first-order valence-electron chi connectivity index (χ1n) is 5.24. The molecule has 0 bridgehead atoms. The summed E-state index contributed by atoms with van der Waals surface area (Å²) in [6.45, 7) is 1.94. The molecule has 1 aromatic carbocycles. The molecule has 0 aliphatic rings. The first-order valence-corrected chi connectivity index (χ1v) is 6.87. The highest BCUT2D eigenvalue weighted by atomic mass is 35.5. The van der Waals surface area contributed by atoms with Crippen molar-refractivity contribution in [2.45, 2.75) is 19.4 Å². The van der Waals surface area contributed by atoms with Crippen LogP contribution in [0.25, 0.3) is 0 Å². The third-order valence-corrected chi connectivity index (χ3v) is 4.60. The van der Waals surface area contributed by atoms with E-state index >= 15 is 0 Å². The summed E-state index contributed by atoms with van der Waals surface area (Å²) in [6, 6.07) is 7.51. The third-order valence-electron chi connectivity index (χ3n) is 2.55. The van der Waals surface area contributed by atoms with Crippen LogP contribution in [0, 0.1) is 6.92 Å². The summed E-state index contributed by atoms with van der Waals surface area (Å²) < 4.78 is 0. The molecule has 0 fully saturated rings. The molecule has 2 rings (SSSR count). The average molecular weight is 287 g/mol. The number of benzene rings is 1. The summed E-state index contributed by atoms with van der Waals surface area (Å²) in [5.74, 6) is 0. The van der Waals surface area contributed by atoms with Crippen molar-refractivity contribution in [2.75, 3.05) is 0 Å². The molecule has 1 N–H and O–H groups in total. The quantitative estimate of drug-likeness (QED) is 0.872. The van der Waals surface area contributed by atoms with E-state index in [1.54, 1.807) is 0 Å². The first kappa shape index (κ1) is 12.9. The van der Waals surface area contributed by atoms with Crippen LogP contribution >= 0.6 is 34.5 Å². The summed E-state index contributed by atoms with van der Waals surface area (Å²) in [5.41, 5.74) is 2.02. The van der Waals surface area contributed by atoms with E-state index in [-0.39, 0.29) is 0 Å². The molecule has 0 saturated carbocycles. The summed E-state index contributed by atoms with van der Waals surface area (Å²) in [5, 5.41) is 13.5. The number of aliphatic hydroxyl groups excluding tert-OH is 1. The second kappa shape index (κ2) is 5.40. The van der Waals surface area contributed by atoms with E-state index in [1.807, 2.05) is 36.6 Å². The molecule has 90 valence electrons. The maximum atomic E-state index is 10.1. The molecule has 17 heavy (non-hydrogen) atoms. The Kier molecular flexibility index (Phi) is 4.10. The molecule has 0 saturated heterocycles. The van der Waals surface area contributed by atoms with Gasteiger partial charge in [-0.2, -0.15) is 0 Å². The zero-order valence-electron chi connectivity index (χ0n) is 9.28. The van der Waals surface area contributed by atoms with Crippen LogP contribution in [0.5, 0.6) is 0 Å². The van der Waals surface area contributed by atoms with Crippen LogP contribution in [-0.2, 0) is 6.42 Å². The summed E-state index contributed by atoms with van der Waals surface area (Å²) in [7, 11) is 0. The van der Waals surface area contributed by atoms with Gasteiger partial charge in [-0.3, -0.25) is 0 Å². The lowest BCUT2D eigenvalue weighted by Crippen LogP contribution is -2.00. The van der Waals surface area contributed by atoms with Crippen LogP contribution in [0.2, 0.25) is 10.0 Å². The smallest absolute Gasteiger partial charge is 0.0937 e. The fourth-order valence-corrected chi connectivity index (χ4v) is 3.17. The van der Waals surface area contributed by atoms with E-state index in [0.29, 0.717) is 16.5 Å². The van der Waals surface area contributed by atoms with Crippen molar-refractivity contribution in [3.8, 4) is 0 Å². The van der Waals surface area contributed by atoms with Crippen LogP contribution in [0.15, 0.2) is 29.6 Å². The molecule has 0 radical (unpaired) electrons. The summed E-state index contributed by atoms with van der Waals surface area (Å²) >= 11 is 13.5. The fraction of sp³-hybridized carbons (Fsp3) is 0.231. The maximum Gasteiger partial charge on any atom is 0.0937 e. The molecular weight excluding hydrogens is 275 g/mol. The molecular formula is C13H12Cl2OS. The predicted molar refractivity (Wildman–Crippen MR) is 74.2 cm³/mol. The number of aryl methyl sites for hydroxylation is 1. The van der Waals surface area contributed by atoms with Crippen molar-refractivity contribution in [3.63, 3.8) is 0 Å². The minimum Gasteiger partial charge on any atom is -0.387 e. The van der Waals surface area contributed by atoms with E-state index in [9.17, 15) is 5.11 Å². The fourth-order valence-electron chi connectivity index (χ4n) is 1.65. The molecule has 1 heterocycles. The molecule has 0 amide bonds. The number of halogens is 2. The summed E-state index contributed by atoms with van der Waals surface area (Å²) in [4.78, 5) is 0.823. The topological polar surface area (TPSA) is 20.2 Å². The lowest BCUT2D eigenvalue weighted by Gasteiger charge is -2.09. The molecule has 1 nitrogen and oxygen atoms in total. The van der Waals surface area contributed by atoms with Gasteiger partial charge < -0.3 is 5.11 Å². The van der Waals surface area contributed by atoms with Crippen molar-refractivity contribution in [1.29, 1.82) is 0 Å². The molecule has 0 aliphatic heterocycles. The van der Waals surface area contributed by atoms with Crippen molar-refractivity contribution >= 4 is 34.5 Å². The highest BCUT2D eigenvalue weighted by molar-refractivity contribution is 7.10. The Labute approximate surface area is 115 Å². The van der Waals surface area contributed by atoms with E-state index < -0.39 is 6.10 Å². The van der Waals surface area contributed by atoms with Crippen LogP contribution in [-0.4, -0.2) is 5.11 Å². The third kappa shape index (κ3) is 3.02. The van der Waals surface area contributed by atoms with Gasteiger partial charge in [-0.15, -0.1) is 11.3 Å². The van der Waals surface area contributed by atoms with Crippen molar-refractivity contribution in [1.82, 2.24) is 0 Å². The largest absolute Gasteiger partial charge is 0.387 e. The predicted octanol–water partition coefficient (Wildman–Crippen LogP) is 4.64. The Balaban J connectivity index is 2.17. The molecule has 1 aromatic heterocycles. The van der Waals surface area contributed by atoms with Crippen LogP contribution in [0.3, 0.4) is 0 Å². The number of aliphatic hydroxyl groups is 1. The second-order valence-corrected chi connectivity index (χ2v) is 5.67. The lowest BCUT2D eigenvalue weighted by atomic mass is 10.1. The van der Waals surface area contributed by atoms with Crippen LogP contribution < -0.4 is 0 Å². The van der Waals surface area contributed by atoms with Gasteiger partial charge >= 0.3 is 0 Å². The van der Waals surface area contributed by atoms with E-state index in [4.69, 9.17) is 23.2 Å². The van der Waals surface area contributed by atoms with Gasteiger partial charge in [0.05, 0.1) is 16.0 Å². The number of thiophene rings is 1. The number of rotatable bonds is 3. The van der Waals surface area contributed by atoms with E-state index in [1.165, 1.54) is 11.3 Å². The zero-order chi connectivity index (χ0) is 12.4. The molecule has 0 aliphatic carbocycles. The Morgan fingerprint density at radius 1 is 1.35 bits per heavy atom. The first-order chi connectivity index (χ1) is 8.08. The van der Waals surface area contributed by atoms with E-state index in [2.05, 4.69) is 0 Å². The molecule has 1 unspecified atom stereocenters. The standard InChI is InChI=1S/C13H12Cl2OS/c1-8-7-17-13(12(8)15)11(16)6-9-3-2-4-10(14)5-9/h2-5,7,11,16H,6H2,1H3. The minimum atomic E-state index is -0.570. The van der Waals surface area contributed by atoms with Crippen molar-refractivity contribution in [3.05, 3.63) is 55.7 Å². The maximum absolute atomic E-state index is 10.1. The Morgan fingerprint density at radius 2 is 2.12 bits per heavy atom. The zero-order valence-corrected chi connectivity index (χ0v) is 11.6. The minimum absolute atomic E-state index is 0.528. The Morgan fingerprint density at radius 3 is 2.71 bits per heavy atom. The average Bonchev–Trinajstić information content (AvgIpc) is 2.60. The van der Waals surface area contributed by atoms with Gasteiger partial charge in [0.2, 0.25) is 0 Å². The Bertz CT molecular complexity index is 522. The van der Waals surface area contributed by atoms with Gasteiger partial charge in [0.1, 0.15) is 0 Å². The normalized spacial score (nSPS) is 12.7. The van der Waals surface area contributed by atoms with Crippen molar-refractivity contribution < 1.29 is 5.11 Å². The van der Waals surface area contributed by atoms with Gasteiger partial charge in [-0.25, -0.2) is 0 Å².